The second-order valence-corrected chi connectivity index (χ2v) is 6.68. The third kappa shape index (κ3) is 2.62. The number of imidazole rings is 1. The summed E-state index contributed by atoms with van der Waals surface area (Å²) < 4.78 is 2.08. The Kier molecular flexibility index (Phi) is 4.30. The molecule has 5 rings (SSSR count). The molecule has 0 atom stereocenters. The topological polar surface area (TPSA) is 84.0 Å². The summed E-state index contributed by atoms with van der Waals surface area (Å²) >= 11 is 0. The predicted molar refractivity (Wildman–Crippen MR) is 107 cm³/mol. The molecule has 134 valence electrons. The van der Waals surface area contributed by atoms with Crippen molar-refractivity contribution in [3.05, 3.63) is 48.7 Å². The molecule has 4 heterocycles. The number of aromatic amines is 1. The highest BCUT2D eigenvalue weighted by Crippen LogP contribution is 2.34. The number of benzene rings is 1. The van der Waals surface area contributed by atoms with Crippen LogP contribution in [0.15, 0.2) is 42.9 Å². The average molecular weight is 369 g/mol. The van der Waals surface area contributed by atoms with Gasteiger partial charge in [-0.15, -0.1) is 12.4 Å². The maximum absolute atomic E-state index is 6.28. The van der Waals surface area contributed by atoms with E-state index in [4.69, 9.17) is 10.7 Å². The van der Waals surface area contributed by atoms with Crippen LogP contribution in [0.1, 0.15) is 24.6 Å². The summed E-state index contributed by atoms with van der Waals surface area (Å²) in [5.41, 5.74) is 10.9. The first-order chi connectivity index (χ1) is 12.3. The summed E-state index contributed by atoms with van der Waals surface area (Å²) in [5, 5.41) is 4.59. The van der Waals surface area contributed by atoms with Crippen molar-refractivity contribution in [3.63, 3.8) is 0 Å². The first-order valence-corrected chi connectivity index (χ1v) is 8.71. The fraction of sp³-hybridized carbons (Fsp3) is 0.263. The highest BCUT2D eigenvalue weighted by atomic mass is 35.5. The van der Waals surface area contributed by atoms with Crippen LogP contribution in [0.2, 0.25) is 0 Å². The number of halogens is 1. The minimum Gasteiger partial charge on any atom is -0.396 e. The molecule has 6 nitrogen and oxygen atoms in total. The van der Waals surface area contributed by atoms with Gasteiger partial charge in [0.25, 0.3) is 0 Å². The summed E-state index contributed by atoms with van der Waals surface area (Å²) in [5.74, 6) is 1.49. The van der Waals surface area contributed by atoms with E-state index in [0.29, 0.717) is 11.6 Å². The molecule has 0 radical (unpaired) electrons. The van der Waals surface area contributed by atoms with Crippen LogP contribution in [-0.4, -0.2) is 32.4 Å². The first-order valence-electron chi connectivity index (χ1n) is 8.71. The van der Waals surface area contributed by atoms with Gasteiger partial charge in [-0.25, -0.2) is 9.97 Å². The smallest absolute Gasteiger partial charge is 0.118 e. The summed E-state index contributed by atoms with van der Waals surface area (Å²) in [6.45, 7) is 2.05. The summed E-state index contributed by atoms with van der Waals surface area (Å²) in [7, 11) is 0. The lowest BCUT2D eigenvalue weighted by atomic mass is 9.97. The van der Waals surface area contributed by atoms with Crippen LogP contribution >= 0.6 is 12.4 Å². The van der Waals surface area contributed by atoms with Gasteiger partial charge in [-0.05, 0) is 38.1 Å². The molecular formula is C19H21ClN6. The van der Waals surface area contributed by atoms with Crippen molar-refractivity contribution < 1.29 is 0 Å². The quantitative estimate of drug-likeness (QED) is 0.506. The number of rotatable bonds is 2. The number of nitrogens with zero attached hydrogens (tertiary/aromatic N) is 3. The Labute approximate surface area is 157 Å². The van der Waals surface area contributed by atoms with Crippen LogP contribution in [0, 0.1) is 0 Å². The number of hydrogen-bond donors (Lipinski definition) is 3. The molecule has 4 N–H and O–H groups in total. The lowest BCUT2D eigenvalue weighted by Gasteiger charge is -2.21. The molecule has 3 aromatic heterocycles. The van der Waals surface area contributed by atoms with Crippen molar-refractivity contribution in [2.45, 2.75) is 18.8 Å². The molecule has 0 spiro atoms. The van der Waals surface area contributed by atoms with Crippen molar-refractivity contribution in [1.82, 2.24) is 24.7 Å². The van der Waals surface area contributed by atoms with Gasteiger partial charge in [0, 0.05) is 16.8 Å². The largest absolute Gasteiger partial charge is 0.396 e. The molecule has 0 bridgehead atoms. The zero-order chi connectivity index (χ0) is 16.8. The number of nitrogens with one attached hydrogen (secondary N) is 2. The average Bonchev–Trinajstić information content (AvgIpc) is 3.24. The first kappa shape index (κ1) is 16.9. The Hall–Kier alpha value is -2.57. The van der Waals surface area contributed by atoms with Gasteiger partial charge in [0.1, 0.15) is 23.4 Å². The Morgan fingerprint density at radius 3 is 2.77 bits per heavy atom. The number of piperidine rings is 1. The van der Waals surface area contributed by atoms with E-state index in [1.165, 1.54) is 5.39 Å². The third-order valence-electron chi connectivity index (χ3n) is 5.10. The molecule has 0 amide bonds. The van der Waals surface area contributed by atoms with E-state index in [9.17, 15) is 0 Å². The van der Waals surface area contributed by atoms with E-state index in [1.54, 1.807) is 6.20 Å². The number of aromatic nitrogens is 4. The number of fused-ring (bicyclic) bond motifs is 2. The van der Waals surface area contributed by atoms with Gasteiger partial charge >= 0.3 is 0 Å². The predicted octanol–water partition coefficient (Wildman–Crippen LogP) is 3.35. The van der Waals surface area contributed by atoms with E-state index >= 15 is 0 Å². The molecule has 7 heteroatoms. The SMILES string of the molecule is Cl.Nc1cncn2c(C3CCNCC3)nc(-c3cc4ccccc4[nH]3)c12. The fourth-order valence-corrected chi connectivity index (χ4v) is 3.84. The van der Waals surface area contributed by atoms with Gasteiger partial charge in [0.2, 0.25) is 0 Å². The number of nitrogens with two attached hydrogens (primary N) is 1. The molecule has 1 aromatic carbocycles. The van der Waals surface area contributed by atoms with Gasteiger partial charge in [-0.1, -0.05) is 18.2 Å². The number of nitrogen functional groups attached to an aromatic ring is 1. The van der Waals surface area contributed by atoms with E-state index in [1.807, 2.05) is 18.5 Å². The number of H-pyrrole nitrogens is 1. The second-order valence-electron chi connectivity index (χ2n) is 6.68. The van der Waals surface area contributed by atoms with Crippen LogP contribution in [0.25, 0.3) is 27.8 Å². The van der Waals surface area contributed by atoms with Crippen LogP contribution in [0.4, 0.5) is 5.69 Å². The summed E-state index contributed by atoms with van der Waals surface area (Å²) in [6.07, 6.45) is 5.71. The molecule has 1 fully saturated rings. The third-order valence-corrected chi connectivity index (χ3v) is 5.10. The number of anilines is 1. The van der Waals surface area contributed by atoms with Crippen molar-refractivity contribution in [2.24, 2.45) is 0 Å². The molecule has 4 aromatic rings. The van der Waals surface area contributed by atoms with Gasteiger partial charge in [0.05, 0.1) is 17.6 Å². The Morgan fingerprint density at radius 1 is 1.15 bits per heavy atom. The van der Waals surface area contributed by atoms with Gasteiger partial charge in [0.15, 0.2) is 0 Å². The molecule has 1 aliphatic heterocycles. The Balaban J connectivity index is 0.00000168. The van der Waals surface area contributed by atoms with E-state index in [0.717, 1.165) is 54.2 Å². The molecule has 1 aliphatic rings. The van der Waals surface area contributed by atoms with Crippen LogP contribution < -0.4 is 11.1 Å². The molecule has 0 unspecified atom stereocenters. The Morgan fingerprint density at radius 2 is 1.96 bits per heavy atom. The number of hydrogen-bond acceptors (Lipinski definition) is 4. The van der Waals surface area contributed by atoms with Gasteiger partial charge < -0.3 is 16.0 Å². The van der Waals surface area contributed by atoms with E-state index < -0.39 is 0 Å². The normalized spacial score (nSPS) is 15.4. The standard InChI is InChI=1S/C19H20N6.ClH/c20-14-10-22-11-25-18(14)17(24-19(25)12-5-7-21-8-6-12)16-9-13-3-1-2-4-15(13)23-16;/h1-4,9-12,21,23H,5-8,20H2;1H. The lowest BCUT2D eigenvalue weighted by molar-refractivity contribution is 0.444. The monoisotopic (exact) mass is 368 g/mol. The van der Waals surface area contributed by atoms with Crippen molar-refractivity contribution >= 4 is 34.5 Å². The van der Waals surface area contributed by atoms with Gasteiger partial charge in [-0.3, -0.25) is 4.40 Å². The second kappa shape index (κ2) is 6.63. The highest BCUT2D eigenvalue weighted by Gasteiger charge is 2.24. The molecule has 0 saturated carbocycles. The maximum Gasteiger partial charge on any atom is 0.118 e. The maximum atomic E-state index is 6.28. The van der Waals surface area contributed by atoms with Crippen LogP contribution in [0.5, 0.6) is 0 Å². The molecular weight excluding hydrogens is 348 g/mol. The van der Waals surface area contributed by atoms with Crippen molar-refractivity contribution in [2.75, 3.05) is 18.8 Å². The zero-order valence-electron chi connectivity index (χ0n) is 14.3. The van der Waals surface area contributed by atoms with Gasteiger partial charge in [-0.2, -0.15) is 0 Å². The van der Waals surface area contributed by atoms with Crippen molar-refractivity contribution in [3.8, 4) is 11.4 Å². The molecule has 1 saturated heterocycles. The molecule has 26 heavy (non-hydrogen) atoms. The van der Waals surface area contributed by atoms with Crippen LogP contribution in [0.3, 0.4) is 0 Å². The lowest BCUT2D eigenvalue weighted by Crippen LogP contribution is -2.27. The molecule has 0 aliphatic carbocycles. The van der Waals surface area contributed by atoms with E-state index in [-0.39, 0.29) is 12.4 Å². The minimum absolute atomic E-state index is 0. The van der Waals surface area contributed by atoms with Crippen molar-refractivity contribution in [1.29, 1.82) is 0 Å². The zero-order valence-corrected chi connectivity index (χ0v) is 15.1. The Bertz CT molecular complexity index is 1030. The van der Waals surface area contributed by atoms with E-state index in [2.05, 4.69) is 37.9 Å². The summed E-state index contributed by atoms with van der Waals surface area (Å²) in [6, 6.07) is 10.4. The fourth-order valence-electron chi connectivity index (χ4n) is 3.84. The summed E-state index contributed by atoms with van der Waals surface area (Å²) in [4.78, 5) is 12.8. The highest BCUT2D eigenvalue weighted by molar-refractivity contribution is 5.91. The van der Waals surface area contributed by atoms with Crippen LogP contribution in [-0.2, 0) is 0 Å². The minimum atomic E-state index is 0. The number of para-hydroxylation sites is 1.